The molecule has 12 heavy (non-hydrogen) atoms. The van der Waals surface area contributed by atoms with E-state index in [1.54, 1.807) is 0 Å². The molecule has 0 bridgehead atoms. The molecule has 0 aromatic heterocycles. The van der Waals surface area contributed by atoms with Crippen LogP contribution in [-0.4, -0.2) is 49.3 Å². The molecule has 0 heterocycles. The number of hydrogen-bond acceptors (Lipinski definition) is 4. The number of ether oxygens (including phenoxy) is 1. The minimum absolute atomic E-state index is 0.00407. The number of aliphatic hydroxyl groups excluding tert-OH is 1. The number of carbonyl (C=O) groups excluding carboxylic acids is 1. The first-order chi connectivity index (χ1) is 5.67. The number of esters is 1. The first-order valence-corrected chi connectivity index (χ1v) is 4.06. The largest absolute Gasteiger partial charge is 0.468 e. The summed E-state index contributed by atoms with van der Waals surface area (Å²) in [6.07, 6.45) is 0.428. The lowest BCUT2D eigenvalue weighted by molar-refractivity contribution is -0.147. The Balaban J connectivity index is 4.11. The van der Waals surface area contributed by atoms with Gasteiger partial charge in [0.05, 0.1) is 7.11 Å². The van der Waals surface area contributed by atoms with Gasteiger partial charge in [-0.15, -0.1) is 0 Å². The monoisotopic (exact) mass is 175 g/mol. The Hall–Kier alpha value is -0.610. The normalized spacial score (nSPS) is 13.1. The average Bonchev–Trinajstić information content (AvgIpc) is 2.11. The van der Waals surface area contributed by atoms with Crippen molar-refractivity contribution in [2.45, 2.75) is 19.4 Å². The van der Waals surface area contributed by atoms with Crippen LogP contribution in [0.15, 0.2) is 0 Å². The van der Waals surface area contributed by atoms with E-state index in [1.807, 2.05) is 18.9 Å². The maximum absolute atomic E-state index is 11.1. The molecule has 1 N–H and O–H groups in total. The fraction of sp³-hybridized carbons (Fsp3) is 0.875. The van der Waals surface area contributed by atoms with Gasteiger partial charge < -0.3 is 9.84 Å². The zero-order valence-corrected chi connectivity index (χ0v) is 7.91. The second kappa shape index (κ2) is 5.97. The highest BCUT2D eigenvalue weighted by Crippen LogP contribution is 2.02. The van der Waals surface area contributed by atoms with E-state index in [1.165, 1.54) is 7.11 Å². The van der Waals surface area contributed by atoms with Crippen LogP contribution in [0.3, 0.4) is 0 Å². The number of likely N-dealkylation sites (N-methyl/N-ethyl adjacent to an activating group) is 1. The predicted molar refractivity (Wildman–Crippen MR) is 45.8 cm³/mol. The molecule has 0 aliphatic carbocycles. The molecule has 0 radical (unpaired) electrons. The SMILES string of the molecule is CCN(C)C(CCO)C(=O)OC. The lowest BCUT2D eigenvalue weighted by Gasteiger charge is -2.23. The van der Waals surface area contributed by atoms with Crippen LogP contribution in [0.2, 0.25) is 0 Å². The summed E-state index contributed by atoms with van der Waals surface area (Å²) in [5, 5.41) is 8.69. The van der Waals surface area contributed by atoms with Gasteiger partial charge in [-0.05, 0) is 20.0 Å². The third kappa shape index (κ3) is 3.19. The van der Waals surface area contributed by atoms with Crippen LogP contribution < -0.4 is 0 Å². The summed E-state index contributed by atoms with van der Waals surface area (Å²) in [4.78, 5) is 13.0. The smallest absolute Gasteiger partial charge is 0.323 e. The van der Waals surface area contributed by atoms with Gasteiger partial charge >= 0.3 is 5.97 Å². The third-order valence-electron chi connectivity index (χ3n) is 1.91. The standard InChI is InChI=1S/C8H17NO3/c1-4-9(2)7(5-6-10)8(11)12-3/h7,10H,4-6H2,1-3H3. The fourth-order valence-corrected chi connectivity index (χ4v) is 0.997. The van der Waals surface area contributed by atoms with Crippen molar-refractivity contribution < 1.29 is 14.6 Å². The van der Waals surface area contributed by atoms with E-state index in [-0.39, 0.29) is 18.6 Å². The Bertz CT molecular complexity index is 138. The number of nitrogens with zero attached hydrogens (tertiary/aromatic N) is 1. The second-order valence-electron chi connectivity index (χ2n) is 2.62. The first-order valence-electron chi connectivity index (χ1n) is 4.06. The van der Waals surface area contributed by atoms with Crippen molar-refractivity contribution in [1.82, 2.24) is 4.90 Å². The molecule has 0 saturated carbocycles. The van der Waals surface area contributed by atoms with E-state index in [0.717, 1.165) is 6.54 Å². The van der Waals surface area contributed by atoms with Gasteiger partial charge in [-0.2, -0.15) is 0 Å². The van der Waals surface area contributed by atoms with Crippen LogP contribution in [0.5, 0.6) is 0 Å². The van der Waals surface area contributed by atoms with Gasteiger partial charge in [-0.1, -0.05) is 6.92 Å². The number of hydrogen-bond donors (Lipinski definition) is 1. The molecular weight excluding hydrogens is 158 g/mol. The fourth-order valence-electron chi connectivity index (χ4n) is 0.997. The third-order valence-corrected chi connectivity index (χ3v) is 1.91. The molecule has 0 rings (SSSR count). The Morgan fingerprint density at radius 1 is 1.67 bits per heavy atom. The van der Waals surface area contributed by atoms with E-state index in [4.69, 9.17) is 5.11 Å². The van der Waals surface area contributed by atoms with Crippen LogP contribution in [0, 0.1) is 0 Å². The van der Waals surface area contributed by atoms with E-state index in [2.05, 4.69) is 4.74 Å². The minimum Gasteiger partial charge on any atom is -0.468 e. The topological polar surface area (TPSA) is 49.8 Å². The summed E-state index contributed by atoms with van der Waals surface area (Å²) >= 11 is 0. The van der Waals surface area contributed by atoms with Crippen molar-refractivity contribution in [1.29, 1.82) is 0 Å². The molecule has 0 fully saturated rings. The molecule has 0 amide bonds. The van der Waals surface area contributed by atoms with Crippen molar-refractivity contribution in [3.8, 4) is 0 Å². The maximum atomic E-state index is 11.1. The lowest BCUT2D eigenvalue weighted by Crippen LogP contribution is -2.39. The highest BCUT2D eigenvalue weighted by molar-refractivity contribution is 5.75. The Kier molecular flexibility index (Phi) is 5.66. The average molecular weight is 175 g/mol. The molecule has 4 heteroatoms. The van der Waals surface area contributed by atoms with Crippen LogP contribution in [0.4, 0.5) is 0 Å². The van der Waals surface area contributed by atoms with Crippen molar-refractivity contribution in [2.75, 3.05) is 27.3 Å². The summed E-state index contributed by atoms with van der Waals surface area (Å²) in [7, 11) is 3.19. The molecule has 1 unspecified atom stereocenters. The summed E-state index contributed by atoms with van der Waals surface area (Å²) in [5.41, 5.74) is 0. The van der Waals surface area contributed by atoms with Gasteiger partial charge in [0.15, 0.2) is 0 Å². The van der Waals surface area contributed by atoms with Gasteiger partial charge in [0.25, 0.3) is 0 Å². The molecule has 1 atom stereocenters. The van der Waals surface area contributed by atoms with Crippen LogP contribution >= 0.6 is 0 Å². The molecule has 0 saturated heterocycles. The van der Waals surface area contributed by atoms with E-state index in [9.17, 15) is 4.79 Å². The molecule has 4 nitrogen and oxygen atoms in total. The molecule has 0 spiro atoms. The molecule has 72 valence electrons. The summed E-state index contributed by atoms with van der Waals surface area (Å²) in [6, 6.07) is -0.315. The summed E-state index contributed by atoms with van der Waals surface area (Å²) in [5.74, 6) is -0.284. The van der Waals surface area contributed by atoms with E-state index in [0.29, 0.717) is 6.42 Å². The Morgan fingerprint density at radius 3 is 2.58 bits per heavy atom. The minimum atomic E-state index is -0.315. The van der Waals surface area contributed by atoms with Crippen molar-refractivity contribution in [3.63, 3.8) is 0 Å². The van der Waals surface area contributed by atoms with Crippen LogP contribution in [0.25, 0.3) is 0 Å². The molecule has 0 aliphatic heterocycles. The van der Waals surface area contributed by atoms with Crippen LogP contribution in [-0.2, 0) is 9.53 Å². The van der Waals surface area contributed by atoms with E-state index < -0.39 is 0 Å². The zero-order valence-electron chi connectivity index (χ0n) is 7.91. The quantitative estimate of drug-likeness (QED) is 0.591. The number of carbonyl (C=O) groups is 1. The summed E-state index contributed by atoms with van der Waals surface area (Å²) < 4.78 is 4.60. The Morgan fingerprint density at radius 2 is 2.25 bits per heavy atom. The van der Waals surface area contributed by atoms with Gasteiger partial charge in [0, 0.05) is 6.61 Å². The Labute approximate surface area is 73.1 Å². The first kappa shape index (κ1) is 11.4. The molecule has 0 aromatic rings. The van der Waals surface area contributed by atoms with Gasteiger partial charge in [0.2, 0.25) is 0 Å². The molecule has 0 aliphatic rings. The zero-order chi connectivity index (χ0) is 9.56. The highest BCUT2D eigenvalue weighted by atomic mass is 16.5. The van der Waals surface area contributed by atoms with E-state index >= 15 is 0 Å². The number of aliphatic hydroxyl groups is 1. The van der Waals surface area contributed by atoms with Crippen molar-refractivity contribution in [3.05, 3.63) is 0 Å². The van der Waals surface area contributed by atoms with Gasteiger partial charge in [-0.25, -0.2) is 0 Å². The van der Waals surface area contributed by atoms with Crippen molar-refractivity contribution >= 4 is 5.97 Å². The highest BCUT2D eigenvalue weighted by Gasteiger charge is 2.21. The van der Waals surface area contributed by atoms with Crippen LogP contribution in [0.1, 0.15) is 13.3 Å². The molecular formula is C8H17NO3. The number of methoxy groups -OCH3 is 1. The molecule has 0 aromatic carbocycles. The second-order valence-corrected chi connectivity index (χ2v) is 2.62. The van der Waals surface area contributed by atoms with Gasteiger partial charge in [0.1, 0.15) is 6.04 Å². The maximum Gasteiger partial charge on any atom is 0.323 e. The summed E-state index contributed by atoms with van der Waals surface area (Å²) in [6.45, 7) is 2.72. The number of rotatable bonds is 5. The lowest BCUT2D eigenvalue weighted by atomic mass is 10.2. The van der Waals surface area contributed by atoms with Gasteiger partial charge in [-0.3, -0.25) is 9.69 Å². The van der Waals surface area contributed by atoms with Crippen molar-refractivity contribution in [2.24, 2.45) is 0 Å². The predicted octanol–water partition coefficient (Wildman–Crippen LogP) is -0.138.